The molecule has 0 radical (unpaired) electrons. The monoisotopic (exact) mass is 575 g/mol. The van der Waals surface area contributed by atoms with Crippen molar-refractivity contribution in [1.82, 2.24) is 9.80 Å². The van der Waals surface area contributed by atoms with Crippen molar-refractivity contribution in [2.24, 2.45) is 5.41 Å². The molecule has 0 aliphatic carbocycles. The highest BCUT2D eigenvalue weighted by atomic mass is 15.2. The predicted molar refractivity (Wildman–Crippen MR) is 185 cm³/mol. The lowest BCUT2D eigenvalue weighted by atomic mass is 9.70. The molecule has 41 heavy (non-hydrogen) atoms. The van der Waals surface area contributed by atoms with Gasteiger partial charge in [0.25, 0.3) is 0 Å². The highest BCUT2D eigenvalue weighted by Gasteiger charge is 2.39. The lowest BCUT2D eigenvalue weighted by Gasteiger charge is -2.50. The van der Waals surface area contributed by atoms with E-state index in [4.69, 9.17) is 0 Å². The number of likely N-dealkylation sites (tertiary alicyclic amines) is 2. The molecule has 2 fully saturated rings. The molecular weight excluding hydrogens is 496 g/mol. The zero-order valence-corrected chi connectivity index (χ0v) is 29.2. The number of nitrogens with zero attached hydrogens (tertiary/aromatic N) is 2. The van der Waals surface area contributed by atoms with E-state index in [-0.39, 0.29) is 0 Å². The second-order valence-corrected chi connectivity index (χ2v) is 14.7. The van der Waals surface area contributed by atoms with E-state index in [1.807, 2.05) is 0 Å². The largest absolute Gasteiger partial charge is 0.300 e. The first-order valence-corrected chi connectivity index (χ1v) is 19.7. The summed E-state index contributed by atoms with van der Waals surface area (Å²) in [6.07, 6.45) is 40.6. The molecule has 1 spiro atoms. The Morgan fingerprint density at radius 1 is 0.366 bits per heavy atom. The van der Waals surface area contributed by atoms with Gasteiger partial charge in [-0.15, -0.1) is 0 Å². The average Bonchev–Trinajstić information content (AvgIpc) is 2.99. The van der Waals surface area contributed by atoms with Crippen molar-refractivity contribution in [3.8, 4) is 0 Å². The third-order valence-electron chi connectivity index (χ3n) is 11.3. The number of unbranched alkanes of at least 4 members (excludes halogenated alkanes) is 16. The molecule has 2 heteroatoms. The zero-order valence-electron chi connectivity index (χ0n) is 29.2. The van der Waals surface area contributed by atoms with Gasteiger partial charge in [0, 0.05) is 12.1 Å². The molecule has 2 rings (SSSR count). The molecule has 2 nitrogen and oxygen atoms in total. The van der Waals surface area contributed by atoms with E-state index >= 15 is 0 Å². The van der Waals surface area contributed by atoms with Crippen molar-refractivity contribution in [2.75, 3.05) is 26.2 Å². The second-order valence-electron chi connectivity index (χ2n) is 14.7. The fourth-order valence-corrected chi connectivity index (χ4v) is 8.18. The maximum atomic E-state index is 2.98. The molecule has 0 aromatic carbocycles. The van der Waals surface area contributed by atoms with Gasteiger partial charge in [0.05, 0.1) is 0 Å². The van der Waals surface area contributed by atoms with E-state index in [0.29, 0.717) is 5.41 Å². The minimum atomic E-state index is 0.673. The van der Waals surface area contributed by atoms with E-state index in [1.165, 1.54) is 206 Å². The summed E-state index contributed by atoms with van der Waals surface area (Å²) in [6, 6.07) is 1.75. The lowest BCUT2D eigenvalue weighted by molar-refractivity contribution is 0.00224. The Hall–Kier alpha value is -0.0800. The predicted octanol–water partition coefficient (Wildman–Crippen LogP) is 12.3. The first kappa shape index (κ1) is 37.1. The van der Waals surface area contributed by atoms with Crippen molar-refractivity contribution in [1.29, 1.82) is 0 Å². The van der Waals surface area contributed by atoms with E-state index in [9.17, 15) is 0 Å². The number of piperidine rings is 2. The van der Waals surface area contributed by atoms with Gasteiger partial charge in [-0.3, -0.25) is 0 Å². The van der Waals surface area contributed by atoms with Gasteiger partial charge in [0.15, 0.2) is 0 Å². The zero-order chi connectivity index (χ0) is 29.4. The van der Waals surface area contributed by atoms with Gasteiger partial charge in [0.1, 0.15) is 0 Å². The standard InChI is InChI=1S/C39H78N2/c1-5-9-13-17-21-25-37(26-22-18-14-10-6-2)40-33-29-39(30-34-40)31-35-41(36-32-39)38(27-23-19-15-11-7-3)28-24-20-16-12-8-4/h37-38H,5-36H2,1-4H3. The summed E-state index contributed by atoms with van der Waals surface area (Å²) in [5.41, 5.74) is 0.673. The quantitative estimate of drug-likeness (QED) is 0.0948. The van der Waals surface area contributed by atoms with Crippen molar-refractivity contribution in [3.05, 3.63) is 0 Å². The molecule has 0 bridgehead atoms. The van der Waals surface area contributed by atoms with Crippen molar-refractivity contribution >= 4 is 0 Å². The normalized spacial score (nSPS) is 18.3. The third kappa shape index (κ3) is 16.0. The van der Waals surface area contributed by atoms with Crippen molar-refractivity contribution in [3.63, 3.8) is 0 Å². The van der Waals surface area contributed by atoms with Gasteiger partial charge < -0.3 is 9.80 Å². The molecule has 2 saturated heterocycles. The molecule has 0 N–H and O–H groups in total. The van der Waals surface area contributed by atoms with Crippen molar-refractivity contribution in [2.45, 2.75) is 220 Å². The lowest BCUT2D eigenvalue weighted by Crippen LogP contribution is -2.51. The van der Waals surface area contributed by atoms with Crippen LogP contribution in [-0.2, 0) is 0 Å². The minimum absolute atomic E-state index is 0.673. The first-order chi connectivity index (χ1) is 20.2. The number of rotatable bonds is 26. The van der Waals surface area contributed by atoms with Gasteiger partial charge in [-0.1, -0.05) is 156 Å². The van der Waals surface area contributed by atoms with E-state index in [0.717, 1.165) is 12.1 Å². The van der Waals surface area contributed by atoms with Crippen LogP contribution >= 0.6 is 0 Å². The molecule has 2 aliphatic heterocycles. The van der Waals surface area contributed by atoms with Gasteiger partial charge in [0.2, 0.25) is 0 Å². The van der Waals surface area contributed by atoms with Crippen molar-refractivity contribution < 1.29 is 0 Å². The van der Waals surface area contributed by atoms with Crippen LogP contribution in [0.25, 0.3) is 0 Å². The van der Waals surface area contributed by atoms with Gasteiger partial charge in [-0.2, -0.15) is 0 Å². The van der Waals surface area contributed by atoms with E-state index in [1.54, 1.807) is 0 Å². The highest BCUT2D eigenvalue weighted by molar-refractivity contribution is 4.93. The smallest absolute Gasteiger partial charge is 0.00952 e. The van der Waals surface area contributed by atoms with Gasteiger partial charge in [-0.05, 0) is 83.0 Å². The summed E-state index contributed by atoms with van der Waals surface area (Å²) in [5.74, 6) is 0. The second kappa shape index (κ2) is 24.3. The maximum absolute atomic E-state index is 2.98. The Morgan fingerprint density at radius 3 is 0.854 bits per heavy atom. The van der Waals surface area contributed by atoms with Crippen LogP contribution in [0.3, 0.4) is 0 Å². The first-order valence-electron chi connectivity index (χ1n) is 19.7. The Morgan fingerprint density at radius 2 is 0.610 bits per heavy atom. The number of hydrogen-bond acceptors (Lipinski definition) is 2. The summed E-state index contributed by atoms with van der Waals surface area (Å²) >= 11 is 0. The molecule has 0 amide bonds. The third-order valence-corrected chi connectivity index (χ3v) is 11.3. The van der Waals surface area contributed by atoms with Gasteiger partial charge >= 0.3 is 0 Å². The fraction of sp³-hybridized carbons (Fsp3) is 1.00. The molecule has 0 saturated carbocycles. The topological polar surface area (TPSA) is 6.48 Å². The molecular formula is C39H78N2. The van der Waals surface area contributed by atoms with E-state index in [2.05, 4.69) is 37.5 Å². The summed E-state index contributed by atoms with van der Waals surface area (Å²) in [5, 5.41) is 0. The number of hydrogen-bond donors (Lipinski definition) is 0. The molecule has 2 aliphatic rings. The van der Waals surface area contributed by atoms with Crippen LogP contribution in [0.5, 0.6) is 0 Å². The van der Waals surface area contributed by atoms with Crippen LogP contribution in [0.4, 0.5) is 0 Å². The Kier molecular flexibility index (Phi) is 22.0. The molecule has 2 heterocycles. The van der Waals surface area contributed by atoms with E-state index < -0.39 is 0 Å². The summed E-state index contributed by atoms with van der Waals surface area (Å²) in [6.45, 7) is 15.0. The Bertz CT molecular complexity index is 476. The Labute approximate surface area is 260 Å². The van der Waals surface area contributed by atoms with Crippen LogP contribution < -0.4 is 0 Å². The Balaban J connectivity index is 1.81. The van der Waals surface area contributed by atoms with Crippen LogP contribution in [0.1, 0.15) is 207 Å². The summed E-state index contributed by atoms with van der Waals surface area (Å²) < 4.78 is 0. The van der Waals surface area contributed by atoms with Crippen LogP contribution in [-0.4, -0.2) is 48.1 Å². The molecule has 0 aromatic rings. The summed E-state index contributed by atoms with van der Waals surface area (Å²) in [4.78, 5) is 5.96. The van der Waals surface area contributed by atoms with Crippen LogP contribution in [0.15, 0.2) is 0 Å². The minimum Gasteiger partial charge on any atom is -0.300 e. The average molecular weight is 575 g/mol. The SMILES string of the molecule is CCCCCCCC(CCCCCCC)N1CCC2(CC1)CCN(C(CCCCCCC)CCCCCCC)CC2. The van der Waals surface area contributed by atoms with Crippen LogP contribution in [0.2, 0.25) is 0 Å². The molecule has 0 aromatic heterocycles. The highest BCUT2D eigenvalue weighted by Crippen LogP contribution is 2.43. The molecule has 0 unspecified atom stereocenters. The van der Waals surface area contributed by atoms with Crippen LogP contribution in [0, 0.1) is 5.41 Å². The molecule has 244 valence electrons. The molecule has 0 atom stereocenters. The fourth-order valence-electron chi connectivity index (χ4n) is 8.18. The maximum Gasteiger partial charge on any atom is 0.00952 e. The van der Waals surface area contributed by atoms with Gasteiger partial charge in [-0.25, -0.2) is 0 Å². The summed E-state index contributed by atoms with van der Waals surface area (Å²) in [7, 11) is 0.